The van der Waals surface area contributed by atoms with Crippen LogP contribution in [0.4, 0.5) is 17.3 Å². The number of hydrogen-bond acceptors (Lipinski definition) is 7. The van der Waals surface area contributed by atoms with Gasteiger partial charge in [-0.2, -0.15) is 0 Å². The summed E-state index contributed by atoms with van der Waals surface area (Å²) in [6.45, 7) is 5.11. The molecular formula is C20H24N6O3. The van der Waals surface area contributed by atoms with Gasteiger partial charge in [-0.05, 0) is 31.2 Å². The zero-order valence-electron chi connectivity index (χ0n) is 16.5. The summed E-state index contributed by atoms with van der Waals surface area (Å²) in [7, 11) is 1.71. The molecule has 9 nitrogen and oxygen atoms in total. The van der Waals surface area contributed by atoms with Crippen LogP contribution in [-0.4, -0.2) is 72.6 Å². The maximum absolute atomic E-state index is 12.5. The fourth-order valence-corrected chi connectivity index (χ4v) is 3.55. The number of ether oxygens (including phenoxy) is 1. The Morgan fingerprint density at radius 3 is 2.66 bits per heavy atom. The molecule has 2 aromatic rings. The third-order valence-corrected chi connectivity index (χ3v) is 5.16. The Morgan fingerprint density at radius 1 is 1.21 bits per heavy atom. The number of piperazine rings is 1. The van der Waals surface area contributed by atoms with E-state index in [1.807, 2.05) is 0 Å². The van der Waals surface area contributed by atoms with Crippen molar-refractivity contribution in [3.05, 3.63) is 36.7 Å². The van der Waals surface area contributed by atoms with E-state index in [9.17, 15) is 9.59 Å². The van der Waals surface area contributed by atoms with E-state index in [0.29, 0.717) is 23.7 Å². The number of rotatable bonds is 4. The molecule has 1 aromatic carbocycles. The zero-order chi connectivity index (χ0) is 20.4. The Labute approximate surface area is 169 Å². The number of aromatic nitrogens is 2. The number of carbonyl (C=O) groups excluding carboxylic acids is 2. The molecule has 0 spiro atoms. The highest BCUT2D eigenvalue weighted by molar-refractivity contribution is 6.00. The third-order valence-electron chi connectivity index (χ3n) is 5.16. The molecule has 1 fully saturated rings. The molecule has 1 aromatic heterocycles. The SMILES string of the molecule is CC1Oc2ccc(NC(=O)CN3CCN(c4ncccn4)CC3)cc2N(C)C1=O. The molecule has 4 rings (SSSR count). The molecule has 0 bridgehead atoms. The van der Waals surface area contributed by atoms with Crippen molar-refractivity contribution in [2.24, 2.45) is 0 Å². The maximum Gasteiger partial charge on any atom is 0.267 e. The number of hydrogen-bond donors (Lipinski definition) is 1. The predicted octanol–water partition coefficient (Wildman–Crippen LogP) is 0.981. The van der Waals surface area contributed by atoms with Gasteiger partial charge in [-0.1, -0.05) is 0 Å². The molecule has 2 aliphatic rings. The monoisotopic (exact) mass is 396 g/mol. The molecular weight excluding hydrogens is 372 g/mol. The van der Waals surface area contributed by atoms with Crippen molar-refractivity contribution >= 4 is 29.1 Å². The second kappa shape index (κ2) is 8.04. The lowest BCUT2D eigenvalue weighted by Crippen LogP contribution is -2.49. The van der Waals surface area contributed by atoms with Crippen LogP contribution in [0.3, 0.4) is 0 Å². The summed E-state index contributed by atoms with van der Waals surface area (Å²) in [5.41, 5.74) is 1.30. The molecule has 0 radical (unpaired) electrons. The number of nitrogens with zero attached hydrogens (tertiary/aromatic N) is 5. The summed E-state index contributed by atoms with van der Waals surface area (Å²) in [4.78, 5) is 38.9. The first-order valence-corrected chi connectivity index (χ1v) is 9.64. The first-order chi connectivity index (χ1) is 14.0. The Balaban J connectivity index is 1.32. The lowest BCUT2D eigenvalue weighted by Gasteiger charge is -2.34. The minimum Gasteiger partial charge on any atom is -0.479 e. The topological polar surface area (TPSA) is 90.9 Å². The van der Waals surface area contributed by atoms with Crippen LogP contribution in [0.15, 0.2) is 36.7 Å². The minimum absolute atomic E-state index is 0.0894. The van der Waals surface area contributed by atoms with Crippen LogP contribution in [0.2, 0.25) is 0 Å². The van der Waals surface area contributed by atoms with Gasteiger partial charge < -0.3 is 19.9 Å². The second-order valence-corrected chi connectivity index (χ2v) is 7.20. The highest BCUT2D eigenvalue weighted by Gasteiger charge is 2.29. The molecule has 9 heteroatoms. The van der Waals surface area contributed by atoms with E-state index in [4.69, 9.17) is 4.74 Å². The summed E-state index contributed by atoms with van der Waals surface area (Å²) in [6, 6.07) is 7.13. The van der Waals surface area contributed by atoms with Crippen molar-refractivity contribution in [3.63, 3.8) is 0 Å². The number of likely N-dealkylation sites (N-methyl/N-ethyl adjacent to an activating group) is 1. The van der Waals surface area contributed by atoms with Gasteiger partial charge in [0.05, 0.1) is 12.2 Å². The number of fused-ring (bicyclic) bond motifs is 1. The van der Waals surface area contributed by atoms with Crippen LogP contribution in [0.25, 0.3) is 0 Å². The molecule has 29 heavy (non-hydrogen) atoms. The van der Waals surface area contributed by atoms with E-state index in [-0.39, 0.29) is 11.8 Å². The van der Waals surface area contributed by atoms with Gasteiger partial charge >= 0.3 is 0 Å². The summed E-state index contributed by atoms with van der Waals surface area (Å²) in [5.74, 6) is 1.16. The summed E-state index contributed by atoms with van der Waals surface area (Å²) < 4.78 is 5.62. The standard InChI is InChI=1S/C20H24N6O3/c1-14-19(28)24(2)16-12-15(4-5-17(16)29-14)23-18(27)13-25-8-10-26(11-9-25)20-21-6-3-7-22-20/h3-7,12,14H,8-11,13H2,1-2H3,(H,23,27). The minimum atomic E-state index is -0.507. The highest BCUT2D eigenvalue weighted by atomic mass is 16.5. The number of amides is 2. The van der Waals surface area contributed by atoms with Crippen molar-refractivity contribution in [2.45, 2.75) is 13.0 Å². The summed E-state index contributed by atoms with van der Waals surface area (Å²) in [6.07, 6.45) is 2.96. The van der Waals surface area contributed by atoms with Crippen LogP contribution in [-0.2, 0) is 9.59 Å². The van der Waals surface area contributed by atoms with Gasteiger partial charge in [0.1, 0.15) is 5.75 Å². The molecule has 1 atom stereocenters. The smallest absolute Gasteiger partial charge is 0.267 e. The highest BCUT2D eigenvalue weighted by Crippen LogP contribution is 2.35. The van der Waals surface area contributed by atoms with Crippen LogP contribution in [0.5, 0.6) is 5.75 Å². The number of anilines is 3. The summed E-state index contributed by atoms with van der Waals surface area (Å²) in [5, 5.41) is 2.92. The second-order valence-electron chi connectivity index (χ2n) is 7.20. The van der Waals surface area contributed by atoms with E-state index in [0.717, 1.165) is 32.1 Å². The molecule has 2 amide bonds. The molecule has 2 aliphatic heterocycles. The molecule has 0 aliphatic carbocycles. The van der Waals surface area contributed by atoms with Gasteiger partial charge in [0.2, 0.25) is 11.9 Å². The van der Waals surface area contributed by atoms with E-state index >= 15 is 0 Å². The fourth-order valence-electron chi connectivity index (χ4n) is 3.55. The van der Waals surface area contributed by atoms with Gasteiger partial charge in [0.25, 0.3) is 5.91 Å². The summed E-state index contributed by atoms with van der Waals surface area (Å²) >= 11 is 0. The van der Waals surface area contributed by atoms with Crippen molar-refractivity contribution in [1.29, 1.82) is 0 Å². The van der Waals surface area contributed by atoms with Gasteiger partial charge in [-0.25, -0.2) is 9.97 Å². The Hall–Kier alpha value is -3.20. The van der Waals surface area contributed by atoms with E-state index in [2.05, 4.69) is 25.1 Å². The predicted molar refractivity (Wildman–Crippen MR) is 109 cm³/mol. The van der Waals surface area contributed by atoms with Crippen LogP contribution in [0, 0.1) is 0 Å². The lowest BCUT2D eigenvalue weighted by atomic mass is 10.2. The van der Waals surface area contributed by atoms with Crippen molar-refractivity contribution in [2.75, 3.05) is 54.9 Å². The number of benzene rings is 1. The normalized spacial score (nSPS) is 19.5. The fraction of sp³-hybridized carbons (Fsp3) is 0.400. The van der Waals surface area contributed by atoms with Gasteiger partial charge in [0, 0.05) is 51.3 Å². The third kappa shape index (κ3) is 4.14. The van der Waals surface area contributed by atoms with Gasteiger partial charge in [0.15, 0.2) is 6.10 Å². The average Bonchev–Trinajstić information content (AvgIpc) is 2.74. The largest absolute Gasteiger partial charge is 0.479 e. The molecule has 152 valence electrons. The molecule has 0 saturated carbocycles. The van der Waals surface area contributed by atoms with Crippen molar-refractivity contribution in [1.82, 2.24) is 14.9 Å². The van der Waals surface area contributed by atoms with E-state index < -0.39 is 6.10 Å². The zero-order valence-corrected chi connectivity index (χ0v) is 16.5. The van der Waals surface area contributed by atoms with Crippen molar-refractivity contribution in [3.8, 4) is 5.75 Å². The lowest BCUT2D eigenvalue weighted by molar-refractivity contribution is -0.125. The molecule has 1 unspecified atom stereocenters. The van der Waals surface area contributed by atoms with E-state index in [1.165, 1.54) is 0 Å². The van der Waals surface area contributed by atoms with Crippen LogP contribution < -0.4 is 19.9 Å². The van der Waals surface area contributed by atoms with Gasteiger partial charge in [-0.15, -0.1) is 0 Å². The number of carbonyl (C=O) groups is 2. The molecule has 1 saturated heterocycles. The van der Waals surface area contributed by atoms with E-state index in [1.54, 1.807) is 55.5 Å². The molecule has 1 N–H and O–H groups in total. The first kappa shape index (κ1) is 19.1. The Morgan fingerprint density at radius 2 is 1.93 bits per heavy atom. The Kier molecular flexibility index (Phi) is 5.30. The molecule has 3 heterocycles. The van der Waals surface area contributed by atoms with Gasteiger partial charge in [-0.3, -0.25) is 14.5 Å². The number of nitrogens with one attached hydrogen (secondary N) is 1. The average molecular weight is 396 g/mol. The van der Waals surface area contributed by atoms with Crippen LogP contribution >= 0.6 is 0 Å². The quantitative estimate of drug-likeness (QED) is 0.824. The van der Waals surface area contributed by atoms with Crippen LogP contribution in [0.1, 0.15) is 6.92 Å². The Bertz CT molecular complexity index is 898. The van der Waals surface area contributed by atoms with Crippen molar-refractivity contribution < 1.29 is 14.3 Å². The maximum atomic E-state index is 12.5. The first-order valence-electron chi connectivity index (χ1n) is 9.64.